The molecule has 1 aromatic heterocycles. The average Bonchev–Trinajstić information content (AvgIpc) is 3.32. The van der Waals surface area contributed by atoms with Gasteiger partial charge in [0.05, 0.1) is 19.7 Å². The molecule has 0 unspecified atom stereocenters. The van der Waals surface area contributed by atoms with Crippen LogP contribution in [0.5, 0.6) is 5.75 Å². The van der Waals surface area contributed by atoms with Gasteiger partial charge in [-0.2, -0.15) is 5.10 Å². The number of rotatable bonds is 9. The summed E-state index contributed by atoms with van der Waals surface area (Å²) in [6.07, 6.45) is 6.34. The molecule has 0 spiro atoms. The van der Waals surface area contributed by atoms with E-state index in [1.807, 2.05) is 35.1 Å². The lowest BCUT2D eigenvalue weighted by molar-refractivity contribution is 0.297. The molecule has 2 N–H and O–H groups in total. The number of halogens is 1. The fourth-order valence-corrected chi connectivity index (χ4v) is 2.49. The van der Waals surface area contributed by atoms with E-state index in [4.69, 9.17) is 9.73 Å². The molecule has 6 nitrogen and oxygen atoms in total. The number of para-hydroxylation sites is 1. The van der Waals surface area contributed by atoms with Crippen LogP contribution < -0.4 is 15.4 Å². The number of guanidine groups is 1. The molecule has 0 aliphatic heterocycles. The number of aliphatic imine (C=N–C) groups is 1. The molecule has 7 heteroatoms. The summed E-state index contributed by atoms with van der Waals surface area (Å²) >= 11 is 0. The Morgan fingerprint density at radius 2 is 2.12 bits per heavy atom. The van der Waals surface area contributed by atoms with E-state index in [0.29, 0.717) is 6.54 Å². The second-order valence-corrected chi connectivity index (χ2v) is 6.25. The minimum Gasteiger partial charge on any atom is -0.493 e. The Balaban J connectivity index is 0.00000243. The molecule has 142 valence electrons. The van der Waals surface area contributed by atoms with Gasteiger partial charge in [-0.1, -0.05) is 18.2 Å². The summed E-state index contributed by atoms with van der Waals surface area (Å²) in [5.41, 5.74) is 1.12. The minimum atomic E-state index is 0. The van der Waals surface area contributed by atoms with E-state index in [-0.39, 0.29) is 24.0 Å². The number of aromatic nitrogens is 2. The molecule has 3 rings (SSSR count). The molecular weight excluding hydrogens is 441 g/mol. The van der Waals surface area contributed by atoms with E-state index in [9.17, 15) is 0 Å². The Morgan fingerprint density at radius 3 is 2.85 bits per heavy atom. The molecule has 26 heavy (non-hydrogen) atoms. The number of benzene rings is 1. The van der Waals surface area contributed by atoms with E-state index in [2.05, 4.69) is 28.7 Å². The van der Waals surface area contributed by atoms with Crippen LogP contribution >= 0.6 is 24.0 Å². The lowest BCUT2D eigenvalue weighted by Crippen LogP contribution is -2.38. The van der Waals surface area contributed by atoms with Gasteiger partial charge in [-0.25, -0.2) is 4.99 Å². The Kier molecular flexibility index (Phi) is 8.73. The molecule has 0 atom stereocenters. The summed E-state index contributed by atoms with van der Waals surface area (Å²) in [5.74, 6) is 2.51. The van der Waals surface area contributed by atoms with E-state index < -0.39 is 0 Å². The predicted octanol–water partition coefficient (Wildman–Crippen LogP) is 3.05. The second-order valence-electron chi connectivity index (χ2n) is 6.25. The molecule has 0 bridgehead atoms. The van der Waals surface area contributed by atoms with Crippen LogP contribution in [0.15, 0.2) is 47.7 Å². The maximum Gasteiger partial charge on any atom is 0.191 e. The first-order valence-electron chi connectivity index (χ1n) is 9.05. The predicted molar refractivity (Wildman–Crippen MR) is 115 cm³/mol. The van der Waals surface area contributed by atoms with Crippen molar-refractivity contribution in [1.29, 1.82) is 0 Å². The number of hydrogen-bond acceptors (Lipinski definition) is 3. The van der Waals surface area contributed by atoms with Crippen molar-refractivity contribution in [3.8, 4) is 5.75 Å². The maximum absolute atomic E-state index is 5.96. The van der Waals surface area contributed by atoms with E-state index in [1.165, 1.54) is 12.8 Å². The fourth-order valence-electron chi connectivity index (χ4n) is 2.49. The standard InChI is InChI=1S/C19H27N5O.HI/c1-2-20-19(21-11-13-24-12-5-10-23-24)22-14-17-6-3-4-7-18(17)25-15-16-8-9-16;/h3-7,10,12,16H,2,8-9,11,13-15H2,1H3,(H2,20,21,22);1H. The number of ether oxygens (including phenoxy) is 1. The van der Waals surface area contributed by atoms with Crippen molar-refractivity contribution in [1.82, 2.24) is 20.4 Å². The van der Waals surface area contributed by atoms with Crippen LogP contribution in [0.4, 0.5) is 0 Å². The van der Waals surface area contributed by atoms with Gasteiger partial charge in [0.15, 0.2) is 5.96 Å². The topological polar surface area (TPSA) is 63.5 Å². The maximum atomic E-state index is 5.96. The molecule has 1 aliphatic rings. The molecule has 1 saturated carbocycles. The fraction of sp³-hybridized carbons (Fsp3) is 0.474. The van der Waals surface area contributed by atoms with Crippen molar-refractivity contribution < 1.29 is 4.74 Å². The lowest BCUT2D eigenvalue weighted by atomic mass is 10.2. The van der Waals surface area contributed by atoms with Crippen LogP contribution in [-0.2, 0) is 13.1 Å². The smallest absolute Gasteiger partial charge is 0.191 e. The van der Waals surface area contributed by atoms with E-state index >= 15 is 0 Å². The first-order chi connectivity index (χ1) is 12.3. The molecule has 1 aliphatic carbocycles. The lowest BCUT2D eigenvalue weighted by Gasteiger charge is -2.13. The summed E-state index contributed by atoms with van der Waals surface area (Å²) < 4.78 is 7.86. The summed E-state index contributed by atoms with van der Waals surface area (Å²) in [4.78, 5) is 4.69. The summed E-state index contributed by atoms with van der Waals surface area (Å²) in [6.45, 7) is 5.89. The van der Waals surface area contributed by atoms with Crippen LogP contribution in [0.2, 0.25) is 0 Å². The molecular formula is C19H28IN5O. The van der Waals surface area contributed by atoms with Gasteiger partial charge >= 0.3 is 0 Å². The van der Waals surface area contributed by atoms with Crippen LogP contribution in [0.3, 0.4) is 0 Å². The highest BCUT2D eigenvalue weighted by molar-refractivity contribution is 14.0. The van der Waals surface area contributed by atoms with Gasteiger partial charge < -0.3 is 15.4 Å². The number of nitrogens with one attached hydrogen (secondary N) is 2. The molecule has 0 saturated heterocycles. The first-order valence-corrected chi connectivity index (χ1v) is 9.05. The molecule has 1 fully saturated rings. The highest BCUT2D eigenvalue weighted by Crippen LogP contribution is 2.30. The Labute approximate surface area is 172 Å². The van der Waals surface area contributed by atoms with Crippen LogP contribution in [-0.4, -0.2) is 35.4 Å². The molecule has 0 amide bonds. The minimum absolute atomic E-state index is 0. The van der Waals surface area contributed by atoms with Crippen molar-refractivity contribution in [2.75, 3.05) is 19.7 Å². The van der Waals surface area contributed by atoms with Gasteiger partial charge in [0.1, 0.15) is 5.75 Å². The third-order valence-electron chi connectivity index (χ3n) is 4.09. The molecule has 1 aromatic carbocycles. The van der Waals surface area contributed by atoms with Crippen molar-refractivity contribution in [3.63, 3.8) is 0 Å². The van der Waals surface area contributed by atoms with Gasteiger partial charge in [0.25, 0.3) is 0 Å². The third-order valence-corrected chi connectivity index (χ3v) is 4.09. The molecule has 0 radical (unpaired) electrons. The van der Waals surface area contributed by atoms with Gasteiger partial charge in [0, 0.05) is 31.0 Å². The SMILES string of the molecule is CCNC(=NCc1ccccc1OCC1CC1)NCCn1cccn1.I. The highest BCUT2D eigenvalue weighted by Gasteiger charge is 2.22. The first kappa shape index (κ1) is 20.5. The molecule has 1 heterocycles. The van der Waals surface area contributed by atoms with E-state index in [1.54, 1.807) is 6.20 Å². The van der Waals surface area contributed by atoms with Gasteiger partial charge in [0.2, 0.25) is 0 Å². The van der Waals surface area contributed by atoms with Crippen molar-refractivity contribution >= 4 is 29.9 Å². The van der Waals surface area contributed by atoms with Crippen LogP contribution in [0.25, 0.3) is 0 Å². The zero-order chi connectivity index (χ0) is 17.3. The average molecular weight is 469 g/mol. The summed E-state index contributed by atoms with van der Waals surface area (Å²) in [5, 5.41) is 10.8. The quantitative estimate of drug-likeness (QED) is 0.337. The largest absolute Gasteiger partial charge is 0.493 e. The van der Waals surface area contributed by atoms with E-state index in [0.717, 1.165) is 49.4 Å². The third kappa shape index (κ3) is 6.86. The number of hydrogen-bond donors (Lipinski definition) is 2. The van der Waals surface area contributed by atoms with Gasteiger partial charge in [-0.15, -0.1) is 24.0 Å². The van der Waals surface area contributed by atoms with Gasteiger partial charge in [-0.3, -0.25) is 4.68 Å². The highest BCUT2D eigenvalue weighted by atomic mass is 127. The normalized spacial score (nSPS) is 13.8. The van der Waals surface area contributed by atoms with Crippen molar-refractivity contribution in [2.45, 2.75) is 32.9 Å². The Hall–Kier alpha value is -1.77. The zero-order valence-electron chi connectivity index (χ0n) is 15.2. The van der Waals surface area contributed by atoms with Crippen LogP contribution in [0.1, 0.15) is 25.3 Å². The van der Waals surface area contributed by atoms with Crippen molar-refractivity contribution in [2.24, 2.45) is 10.9 Å². The second kappa shape index (κ2) is 11.1. The monoisotopic (exact) mass is 469 g/mol. The van der Waals surface area contributed by atoms with Crippen LogP contribution in [0, 0.1) is 5.92 Å². The van der Waals surface area contributed by atoms with Crippen molar-refractivity contribution in [3.05, 3.63) is 48.3 Å². The Bertz CT molecular complexity index is 670. The summed E-state index contributed by atoms with van der Waals surface area (Å²) in [6, 6.07) is 10.1. The Morgan fingerprint density at radius 1 is 1.27 bits per heavy atom. The summed E-state index contributed by atoms with van der Waals surface area (Å²) in [7, 11) is 0. The number of nitrogens with zero attached hydrogens (tertiary/aromatic N) is 3. The zero-order valence-corrected chi connectivity index (χ0v) is 17.6. The molecule has 2 aromatic rings. The van der Waals surface area contributed by atoms with Gasteiger partial charge in [-0.05, 0) is 37.8 Å².